The Labute approximate surface area is 115 Å². The van der Waals surface area contributed by atoms with E-state index in [0.717, 1.165) is 4.47 Å². The van der Waals surface area contributed by atoms with Crippen molar-refractivity contribution < 1.29 is 0 Å². The first-order chi connectivity index (χ1) is 8.29. The van der Waals surface area contributed by atoms with E-state index < -0.39 is 0 Å². The molecule has 0 unspecified atom stereocenters. The Bertz CT molecular complexity index is 500. The molecule has 0 amide bonds. The van der Waals surface area contributed by atoms with E-state index in [2.05, 4.69) is 77.5 Å². The van der Waals surface area contributed by atoms with Crippen molar-refractivity contribution >= 4 is 32.6 Å². The van der Waals surface area contributed by atoms with Gasteiger partial charge in [-0.05, 0) is 36.8 Å². The van der Waals surface area contributed by atoms with Gasteiger partial charge in [-0.15, -0.1) is 0 Å². The van der Waals surface area contributed by atoms with Crippen LogP contribution in [-0.2, 0) is 0 Å². The second-order valence-electron chi connectivity index (χ2n) is 3.57. The lowest BCUT2D eigenvalue weighted by Crippen LogP contribution is -1.80. The highest BCUT2D eigenvalue weighted by atomic mass is 79.9. The van der Waals surface area contributed by atoms with Crippen LogP contribution in [0.25, 0.3) is 4.91 Å². The molecule has 2 rings (SSSR count). The van der Waals surface area contributed by atoms with Gasteiger partial charge in [0.2, 0.25) is 0 Å². The Morgan fingerprint density at radius 2 is 1.65 bits per heavy atom. The van der Waals surface area contributed by atoms with E-state index in [1.54, 1.807) is 11.8 Å². The van der Waals surface area contributed by atoms with Crippen molar-refractivity contribution in [2.45, 2.75) is 11.8 Å². The lowest BCUT2D eigenvalue weighted by Gasteiger charge is -2.07. The maximum Gasteiger partial charge on any atom is 0.0175 e. The molecule has 0 heterocycles. The molecule has 2 aromatic rings. The Morgan fingerprint density at radius 3 is 2.24 bits per heavy atom. The van der Waals surface area contributed by atoms with E-state index in [4.69, 9.17) is 0 Å². The largest absolute Gasteiger partial charge is 0.0898 e. The van der Waals surface area contributed by atoms with Gasteiger partial charge in [-0.1, -0.05) is 64.1 Å². The van der Waals surface area contributed by atoms with Gasteiger partial charge in [0.25, 0.3) is 0 Å². The first-order valence-corrected chi connectivity index (χ1v) is 7.05. The number of hydrogen-bond acceptors (Lipinski definition) is 1. The van der Waals surface area contributed by atoms with Gasteiger partial charge in [0.15, 0.2) is 0 Å². The Morgan fingerprint density at radius 1 is 1.00 bits per heavy atom. The van der Waals surface area contributed by atoms with Crippen molar-refractivity contribution in [1.29, 1.82) is 0 Å². The smallest absolute Gasteiger partial charge is 0.0175 e. The van der Waals surface area contributed by atoms with Gasteiger partial charge in [-0.25, -0.2) is 0 Å². The molecule has 0 aliphatic carbocycles. The van der Waals surface area contributed by atoms with Crippen LogP contribution in [-0.4, -0.2) is 0 Å². The molecule has 0 saturated carbocycles. The van der Waals surface area contributed by atoms with Gasteiger partial charge in [0.05, 0.1) is 0 Å². The molecule has 0 aromatic heterocycles. The Kier molecular flexibility index (Phi) is 4.46. The minimum Gasteiger partial charge on any atom is -0.0898 e. The Hall–Kier alpha value is -0.990. The van der Waals surface area contributed by atoms with Crippen molar-refractivity contribution in [2.75, 3.05) is 0 Å². The van der Waals surface area contributed by atoms with Crippen LogP contribution in [0.4, 0.5) is 0 Å². The molecule has 2 aromatic carbocycles. The molecule has 17 heavy (non-hydrogen) atoms. The van der Waals surface area contributed by atoms with E-state index in [1.165, 1.54) is 15.4 Å². The van der Waals surface area contributed by atoms with E-state index >= 15 is 0 Å². The third-order valence-electron chi connectivity index (χ3n) is 2.36. The van der Waals surface area contributed by atoms with Gasteiger partial charge in [-0.3, -0.25) is 0 Å². The minimum absolute atomic E-state index is 1.11. The summed E-state index contributed by atoms with van der Waals surface area (Å²) >= 11 is 5.25. The van der Waals surface area contributed by atoms with Crippen LogP contribution < -0.4 is 0 Å². The van der Waals surface area contributed by atoms with Gasteiger partial charge in [0.1, 0.15) is 0 Å². The zero-order chi connectivity index (χ0) is 12.1. The van der Waals surface area contributed by atoms with Gasteiger partial charge >= 0.3 is 0 Å². The summed E-state index contributed by atoms with van der Waals surface area (Å²) in [6.07, 6.45) is 2.15. The SMILES string of the molecule is C/C=C(\Sc1ccccc1)c1ccc(Br)cc1. The van der Waals surface area contributed by atoms with E-state index in [0.29, 0.717) is 0 Å². The van der Waals surface area contributed by atoms with Crippen LogP contribution >= 0.6 is 27.7 Å². The Balaban J connectivity index is 2.21. The maximum absolute atomic E-state index is 3.46. The van der Waals surface area contributed by atoms with Crippen LogP contribution in [0.1, 0.15) is 12.5 Å². The summed E-state index contributed by atoms with van der Waals surface area (Å²) in [5.41, 5.74) is 1.25. The van der Waals surface area contributed by atoms with Gasteiger partial charge in [0, 0.05) is 14.3 Å². The van der Waals surface area contributed by atoms with E-state index in [-0.39, 0.29) is 0 Å². The summed E-state index contributed by atoms with van der Waals surface area (Å²) < 4.78 is 1.11. The topological polar surface area (TPSA) is 0 Å². The predicted octanol–water partition coefficient (Wildman–Crippen LogP) is 5.60. The molecule has 2 heteroatoms. The fourth-order valence-electron chi connectivity index (χ4n) is 1.51. The lowest BCUT2D eigenvalue weighted by molar-refractivity contribution is 1.47. The van der Waals surface area contributed by atoms with E-state index in [1.807, 2.05) is 6.07 Å². The standard InChI is InChI=1S/C15H13BrS/c1-2-15(12-8-10-13(16)11-9-12)17-14-6-4-3-5-7-14/h2-11H,1H3/b15-2-. The molecule has 0 bridgehead atoms. The van der Waals surface area contributed by atoms with E-state index in [9.17, 15) is 0 Å². The molecular formula is C15H13BrS. The third kappa shape index (κ3) is 3.48. The molecule has 0 fully saturated rings. The fourth-order valence-corrected chi connectivity index (χ4v) is 2.70. The summed E-state index contributed by atoms with van der Waals surface area (Å²) in [6, 6.07) is 18.9. The first-order valence-electron chi connectivity index (χ1n) is 5.45. The molecule has 0 radical (unpaired) electrons. The molecule has 0 atom stereocenters. The molecule has 86 valence electrons. The fraction of sp³-hybridized carbons (Fsp3) is 0.0667. The number of rotatable bonds is 3. The van der Waals surface area contributed by atoms with Crippen LogP contribution in [0.5, 0.6) is 0 Å². The maximum atomic E-state index is 3.46. The van der Waals surface area contributed by atoms with Crippen LogP contribution in [0, 0.1) is 0 Å². The average molecular weight is 305 g/mol. The van der Waals surface area contributed by atoms with Crippen LogP contribution in [0.3, 0.4) is 0 Å². The van der Waals surface area contributed by atoms with Crippen molar-refractivity contribution in [3.05, 3.63) is 70.7 Å². The van der Waals surface area contributed by atoms with Crippen LogP contribution in [0.15, 0.2) is 70.0 Å². The normalized spacial score (nSPS) is 11.5. The summed E-state index contributed by atoms with van der Waals surface area (Å²) in [6.45, 7) is 2.08. The number of thioether (sulfide) groups is 1. The third-order valence-corrected chi connectivity index (χ3v) is 4.09. The second kappa shape index (κ2) is 6.08. The van der Waals surface area contributed by atoms with Crippen molar-refractivity contribution in [1.82, 2.24) is 0 Å². The van der Waals surface area contributed by atoms with Crippen molar-refractivity contribution in [3.8, 4) is 0 Å². The van der Waals surface area contributed by atoms with Crippen molar-refractivity contribution in [3.63, 3.8) is 0 Å². The summed E-state index contributed by atoms with van der Waals surface area (Å²) in [4.78, 5) is 2.55. The zero-order valence-electron chi connectivity index (χ0n) is 9.56. The zero-order valence-corrected chi connectivity index (χ0v) is 12.0. The summed E-state index contributed by atoms with van der Waals surface area (Å²) in [5.74, 6) is 0. The molecule has 0 aliphatic heterocycles. The number of allylic oxidation sites excluding steroid dienone is 1. The van der Waals surface area contributed by atoms with Crippen molar-refractivity contribution in [2.24, 2.45) is 0 Å². The number of halogens is 1. The molecular weight excluding hydrogens is 292 g/mol. The van der Waals surface area contributed by atoms with Gasteiger partial charge in [-0.2, -0.15) is 0 Å². The molecule has 0 spiro atoms. The lowest BCUT2D eigenvalue weighted by atomic mass is 10.2. The highest BCUT2D eigenvalue weighted by Crippen LogP contribution is 2.34. The summed E-state index contributed by atoms with van der Waals surface area (Å²) in [7, 11) is 0. The first kappa shape index (κ1) is 12.5. The highest BCUT2D eigenvalue weighted by Gasteiger charge is 2.02. The molecule has 0 N–H and O–H groups in total. The predicted molar refractivity (Wildman–Crippen MR) is 80.1 cm³/mol. The highest BCUT2D eigenvalue weighted by molar-refractivity contribution is 9.10. The number of hydrogen-bond donors (Lipinski definition) is 0. The van der Waals surface area contributed by atoms with Crippen LogP contribution in [0.2, 0.25) is 0 Å². The second-order valence-corrected chi connectivity index (χ2v) is 5.61. The average Bonchev–Trinajstić information content (AvgIpc) is 2.38. The molecule has 0 nitrogen and oxygen atoms in total. The monoisotopic (exact) mass is 304 g/mol. The number of benzene rings is 2. The van der Waals surface area contributed by atoms with Gasteiger partial charge < -0.3 is 0 Å². The summed E-state index contributed by atoms with van der Waals surface area (Å²) in [5, 5.41) is 0. The molecule has 0 saturated heterocycles. The quantitative estimate of drug-likeness (QED) is 0.665. The minimum atomic E-state index is 1.11. The molecule has 0 aliphatic rings.